The molecule has 2 aromatic carbocycles. The Morgan fingerprint density at radius 1 is 1.11 bits per heavy atom. The van der Waals surface area contributed by atoms with Crippen molar-refractivity contribution in [3.63, 3.8) is 0 Å². The number of fused-ring (bicyclic) bond motifs is 3. The summed E-state index contributed by atoms with van der Waals surface area (Å²) >= 11 is 6.14. The normalized spacial score (nSPS) is 30.6. The van der Waals surface area contributed by atoms with Crippen LogP contribution in [0.25, 0.3) is 0 Å². The van der Waals surface area contributed by atoms with Crippen LogP contribution in [-0.2, 0) is 11.2 Å². The maximum atomic E-state index is 12.0. The number of aryl methyl sites for hydroxylation is 1. The van der Waals surface area contributed by atoms with Crippen molar-refractivity contribution in [2.75, 3.05) is 0 Å². The van der Waals surface area contributed by atoms with E-state index in [1.54, 1.807) is 6.07 Å². The third-order valence-electron chi connectivity index (χ3n) is 6.13. The first-order valence-electron chi connectivity index (χ1n) is 9.34. The topological polar surface area (TPSA) is 62.6 Å². The molecule has 142 valence electrons. The van der Waals surface area contributed by atoms with Gasteiger partial charge in [0, 0.05) is 18.2 Å². The number of hydrogen-bond donors (Lipinski definition) is 2. The highest BCUT2D eigenvalue weighted by atomic mass is 35.5. The van der Waals surface area contributed by atoms with Crippen LogP contribution < -0.4 is 4.74 Å². The number of pyridine rings is 1. The van der Waals surface area contributed by atoms with Gasteiger partial charge in [-0.15, -0.1) is 0 Å². The van der Waals surface area contributed by atoms with E-state index in [4.69, 9.17) is 16.3 Å². The van der Waals surface area contributed by atoms with Gasteiger partial charge in [0.1, 0.15) is 11.4 Å². The number of halogens is 1. The fraction of sp³-hybridized carbons (Fsp3) is 0.261. The third kappa shape index (κ3) is 2.17. The fourth-order valence-corrected chi connectivity index (χ4v) is 5.00. The fourth-order valence-electron chi connectivity index (χ4n) is 4.85. The molecule has 0 saturated heterocycles. The van der Waals surface area contributed by atoms with E-state index < -0.39 is 17.3 Å². The molecule has 1 saturated carbocycles. The van der Waals surface area contributed by atoms with E-state index in [-0.39, 0.29) is 5.92 Å². The average molecular weight is 394 g/mol. The molecule has 4 atom stereocenters. The van der Waals surface area contributed by atoms with Gasteiger partial charge in [-0.05, 0) is 24.5 Å². The summed E-state index contributed by atoms with van der Waals surface area (Å²) in [7, 11) is 0. The summed E-state index contributed by atoms with van der Waals surface area (Å²) in [4.78, 5) is 4.37. The number of rotatable bonds is 2. The van der Waals surface area contributed by atoms with Crippen LogP contribution in [-0.4, -0.2) is 21.3 Å². The molecule has 2 N–H and O–H groups in total. The van der Waals surface area contributed by atoms with E-state index in [1.165, 1.54) is 6.20 Å². The van der Waals surface area contributed by atoms with Crippen LogP contribution in [0.4, 0.5) is 0 Å². The van der Waals surface area contributed by atoms with E-state index in [9.17, 15) is 10.2 Å². The highest BCUT2D eigenvalue weighted by Gasteiger charge is 2.73. The van der Waals surface area contributed by atoms with Gasteiger partial charge >= 0.3 is 0 Å². The maximum Gasteiger partial charge on any atom is 0.180 e. The number of ether oxygens (including phenoxy) is 1. The van der Waals surface area contributed by atoms with Crippen LogP contribution in [0.2, 0.25) is 5.02 Å². The van der Waals surface area contributed by atoms with Crippen LogP contribution in [0.15, 0.2) is 66.9 Å². The molecule has 2 heterocycles. The molecule has 1 aromatic heterocycles. The molecule has 0 unspecified atom stereocenters. The summed E-state index contributed by atoms with van der Waals surface area (Å²) in [5.41, 5.74) is 0.375. The quantitative estimate of drug-likeness (QED) is 0.689. The molecule has 4 nitrogen and oxygen atoms in total. The lowest BCUT2D eigenvalue weighted by atomic mass is 9.72. The Hall–Kier alpha value is -2.40. The van der Waals surface area contributed by atoms with Crippen LogP contribution in [0.3, 0.4) is 0 Å². The second kappa shape index (κ2) is 6.05. The Morgan fingerprint density at radius 3 is 2.54 bits per heavy atom. The highest BCUT2D eigenvalue weighted by Crippen LogP contribution is 2.66. The second-order valence-corrected chi connectivity index (χ2v) is 8.12. The molecular formula is C23H20ClNO3. The second-order valence-electron chi connectivity index (χ2n) is 7.69. The highest BCUT2D eigenvalue weighted by molar-refractivity contribution is 6.30. The summed E-state index contributed by atoms with van der Waals surface area (Å²) in [5, 5.41) is 23.5. The standard InChI is InChI=1S/C23H20ClNO3/c1-14-7-9-16(10-8-14)23-18(15-5-3-2-4-6-15)12-20(26)22(23,27)21-19(28-23)11-17(24)13-25-21/h2-11,13,18,20,26-27H,12H2,1H3/t18-,20+,22+,23-/m0/s1. The summed E-state index contributed by atoms with van der Waals surface area (Å²) in [6.07, 6.45) is 0.808. The van der Waals surface area contributed by atoms with Gasteiger partial charge in [0.25, 0.3) is 0 Å². The zero-order chi connectivity index (χ0) is 19.5. The van der Waals surface area contributed by atoms with Gasteiger partial charge in [-0.3, -0.25) is 4.98 Å². The SMILES string of the molecule is Cc1ccc([C@@]23Oc4cc(Cl)cnc4[C@]2(O)[C@H](O)C[C@H]3c2ccccc2)cc1. The molecular weight excluding hydrogens is 374 g/mol. The number of hydrogen-bond acceptors (Lipinski definition) is 4. The van der Waals surface area contributed by atoms with Gasteiger partial charge in [-0.1, -0.05) is 71.8 Å². The monoisotopic (exact) mass is 393 g/mol. The molecule has 1 aliphatic heterocycles. The van der Waals surface area contributed by atoms with Gasteiger partial charge < -0.3 is 14.9 Å². The number of nitrogens with zero attached hydrogens (tertiary/aromatic N) is 1. The smallest absolute Gasteiger partial charge is 0.180 e. The van der Waals surface area contributed by atoms with Crippen molar-refractivity contribution >= 4 is 11.6 Å². The average Bonchev–Trinajstić information content (AvgIpc) is 3.09. The molecule has 0 radical (unpaired) electrons. The molecule has 0 amide bonds. The molecule has 0 spiro atoms. The van der Waals surface area contributed by atoms with Gasteiger partial charge in [0.15, 0.2) is 11.2 Å². The summed E-state index contributed by atoms with van der Waals surface area (Å²) in [6.45, 7) is 2.01. The Labute approximate surface area is 168 Å². The third-order valence-corrected chi connectivity index (χ3v) is 6.34. The lowest BCUT2D eigenvalue weighted by molar-refractivity contribution is -0.151. The van der Waals surface area contributed by atoms with Crippen molar-refractivity contribution in [1.29, 1.82) is 0 Å². The van der Waals surface area contributed by atoms with E-state index in [0.717, 1.165) is 16.7 Å². The summed E-state index contributed by atoms with van der Waals surface area (Å²) < 4.78 is 6.51. The first-order valence-corrected chi connectivity index (χ1v) is 9.72. The summed E-state index contributed by atoms with van der Waals surface area (Å²) in [5.74, 6) is 0.152. The number of aromatic nitrogens is 1. The molecule has 3 aromatic rings. The lowest BCUT2D eigenvalue weighted by Crippen LogP contribution is -2.52. The van der Waals surface area contributed by atoms with E-state index in [0.29, 0.717) is 22.9 Å². The largest absolute Gasteiger partial charge is 0.476 e. The van der Waals surface area contributed by atoms with E-state index in [1.807, 2.05) is 61.5 Å². The minimum absolute atomic E-state index is 0.260. The van der Waals surface area contributed by atoms with Crippen molar-refractivity contribution in [3.8, 4) is 5.75 Å². The predicted molar refractivity (Wildman–Crippen MR) is 106 cm³/mol. The Balaban J connectivity index is 1.80. The molecule has 1 aliphatic carbocycles. The Bertz CT molecular complexity index is 1040. The van der Waals surface area contributed by atoms with Crippen LogP contribution in [0.5, 0.6) is 5.75 Å². The zero-order valence-electron chi connectivity index (χ0n) is 15.3. The van der Waals surface area contributed by atoms with Crippen molar-refractivity contribution in [1.82, 2.24) is 4.98 Å². The molecule has 5 heteroatoms. The molecule has 5 rings (SSSR count). The van der Waals surface area contributed by atoms with Crippen LogP contribution >= 0.6 is 11.6 Å². The maximum absolute atomic E-state index is 12.0. The minimum atomic E-state index is -1.68. The minimum Gasteiger partial charge on any atom is -0.476 e. The molecule has 1 fully saturated rings. The number of aliphatic hydroxyl groups is 2. The summed E-state index contributed by atoms with van der Waals surface area (Å²) in [6, 6.07) is 19.4. The first kappa shape index (κ1) is 17.7. The van der Waals surface area contributed by atoms with Gasteiger partial charge in [-0.2, -0.15) is 0 Å². The Morgan fingerprint density at radius 2 is 1.82 bits per heavy atom. The molecule has 2 aliphatic rings. The van der Waals surface area contributed by atoms with Crippen molar-refractivity contribution < 1.29 is 14.9 Å². The van der Waals surface area contributed by atoms with Gasteiger partial charge in [0.05, 0.1) is 11.1 Å². The molecule has 0 bridgehead atoms. The molecule has 28 heavy (non-hydrogen) atoms. The van der Waals surface area contributed by atoms with Crippen LogP contribution in [0, 0.1) is 6.92 Å². The predicted octanol–water partition coefficient (Wildman–Crippen LogP) is 4.07. The van der Waals surface area contributed by atoms with Crippen LogP contribution in [0.1, 0.15) is 34.7 Å². The first-order chi connectivity index (χ1) is 13.5. The zero-order valence-corrected chi connectivity index (χ0v) is 16.1. The van der Waals surface area contributed by atoms with E-state index >= 15 is 0 Å². The van der Waals surface area contributed by atoms with Gasteiger partial charge in [0.2, 0.25) is 0 Å². The Kier molecular flexibility index (Phi) is 3.82. The number of benzene rings is 2. The number of aliphatic hydroxyl groups excluding tert-OH is 1. The van der Waals surface area contributed by atoms with E-state index in [2.05, 4.69) is 4.98 Å². The van der Waals surface area contributed by atoms with Gasteiger partial charge in [-0.25, -0.2) is 0 Å². The van der Waals surface area contributed by atoms with Crippen molar-refractivity contribution in [2.24, 2.45) is 0 Å². The van der Waals surface area contributed by atoms with Crippen molar-refractivity contribution in [3.05, 3.63) is 94.3 Å². The van der Waals surface area contributed by atoms with Crippen molar-refractivity contribution in [2.45, 2.75) is 36.6 Å². The lowest BCUT2D eigenvalue weighted by Gasteiger charge is -2.40.